The average Bonchev–Trinajstić information content (AvgIpc) is 3.07. The number of H-pyrrole nitrogens is 1. The van der Waals surface area contributed by atoms with Crippen LogP contribution in [0.4, 0.5) is 10.3 Å². The Labute approximate surface area is 154 Å². The normalized spacial score (nSPS) is 12.1. The molecule has 0 aliphatic heterocycles. The van der Waals surface area contributed by atoms with Crippen LogP contribution in [0.25, 0.3) is 0 Å². The van der Waals surface area contributed by atoms with Crippen molar-refractivity contribution >= 4 is 17.7 Å². The van der Waals surface area contributed by atoms with Gasteiger partial charge in [-0.3, -0.25) is 9.78 Å². The van der Waals surface area contributed by atoms with E-state index in [1.807, 2.05) is 13.1 Å². The number of halogens is 1. The number of anilines is 1. The molecule has 2 heterocycles. The molecule has 26 heavy (non-hydrogen) atoms. The van der Waals surface area contributed by atoms with Crippen LogP contribution in [0.3, 0.4) is 0 Å². The van der Waals surface area contributed by atoms with E-state index in [0.717, 1.165) is 17.3 Å². The van der Waals surface area contributed by atoms with Gasteiger partial charge in [-0.1, -0.05) is 30.3 Å². The average molecular weight is 373 g/mol. The van der Waals surface area contributed by atoms with Gasteiger partial charge in [0.25, 0.3) is 5.56 Å². The van der Waals surface area contributed by atoms with Crippen molar-refractivity contribution in [2.75, 3.05) is 17.6 Å². The lowest BCUT2D eigenvalue weighted by Crippen LogP contribution is -2.19. The van der Waals surface area contributed by atoms with E-state index in [2.05, 4.69) is 24.8 Å². The number of thioether (sulfide) groups is 1. The van der Waals surface area contributed by atoms with Gasteiger partial charge < -0.3 is 9.88 Å². The third kappa shape index (κ3) is 4.51. The van der Waals surface area contributed by atoms with E-state index < -0.39 is 11.7 Å². The summed E-state index contributed by atoms with van der Waals surface area (Å²) in [7, 11) is 0. The van der Waals surface area contributed by atoms with Crippen molar-refractivity contribution in [1.82, 2.24) is 19.5 Å². The Morgan fingerprint density at radius 3 is 2.81 bits per heavy atom. The van der Waals surface area contributed by atoms with Crippen LogP contribution >= 0.6 is 11.8 Å². The summed E-state index contributed by atoms with van der Waals surface area (Å²) in [4.78, 5) is 22.9. The number of hydrogen-bond acceptors (Lipinski definition) is 5. The molecule has 0 saturated carbocycles. The maximum atomic E-state index is 14.5. The number of aromatic nitrogens is 4. The van der Waals surface area contributed by atoms with Crippen molar-refractivity contribution in [2.24, 2.45) is 0 Å². The van der Waals surface area contributed by atoms with Gasteiger partial charge in [0.15, 0.2) is 6.17 Å². The van der Waals surface area contributed by atoms with Crippen LogP contribution in [-0.4, -0.2) is 31.8 Å². The Morgan fingerprint density at radius 2 is 2.12 bits per heavy atom. The molecule has 0 aliphatic rings. The van der Waals surface area contributed by atoms with Gasteiger partial charge in [0.05, 0.1) is 17.8 Å². The summed E-state index contributed by atoms with van der Waals surface area (Å²) in [5.74, 6) is 1.99. The predicted molar refractivity (Wildman–Crippen MR) is 102 cm³/mol. The predicted octanol–water partition coefficient (Wildman–Crippen LogP) is 3.14. The SMILES string of the molecule is Cc1cncn1CSCCNc1ncc(C(F)c2ccccc2)c(=O)[nH]1. The van der Waals surface area contributed by atoms with E-state index in [1.54, 1.807) is 48.4 Å². The Balaban J connectivity index is 1.51. The van der Waals surface area contributed by atoms with Gasteiger partial charge in [-0.05, 0) is 12.5 Å². The van der Waals surface area contributed by atoms with Crippen LogP contribution in [0.5, 0.6) is 0 Å². The lowest BCUT2D eigenvalue weighted by molar-refractivity contribution is 0.398. The first-order valence-corrected chi connectivity index (χ1v) is 9.37. The van der Waals surface area contributed by atoms with Crippen molar-refractivity contribution < 1.29 is 4.39 Å². The first kappa shape index (κ1) is 18.2. The molecule has 0 bridgehead atoms. The van der Waals surface area contributed by atoms with Crippen LogP contribution in [-0.2, 0) is 5.88 Å². The van der Waals surface area contributed by atoms with Gasteiger partial charge in [-0.15, -0.1) is 11.8 Å². The van der Waals surface area contributed by atoms with Gasteiger partial charge in [0, 0.05) is 30.4 Å². The lowest BCUT2D eigenvalue weighted by atomic mass is 10.1. The fourth-order valence-electron chi connectivity index (χ4n) is 2.40. The summed E-state index contributed by atoms with van der Waals surface area (Å²) in [6, 6.07) is 8.58. The maximum Gasteiger partial charge on any atom is 0.258 e. The third-order valence-corrected chi connectivity index (χ3v) is 4.84. The topological polar surface area (TPSA) is 75.6 Å². The van der Waals surface area contributed by atoms with Gasteiger partial charge in [-0.2, -0.15) is 0 Å². The lowest BCUT2D eigenvalue weighted by Gasteiger charge is -2.10. The molecule has 1 atom stereocenters. The molecule has 8 heteroatoms. The molecule has 2 N–H and O–H groups in total. The zero-order valence-corrected chi connectivity index (χ0v) is 15.2. The summed E-state index contributed by atoms with van der Waals surface area (Å²) in [6.07, 6.45) is 3.42. The molecule has 1 unspecified atom stereocenters. The summed E-state index contributed by atoms with van der Waals surface area (Å²) < 4.78 is 16.5. The monoisotopic (exact) mass is 373 g/mol. The van der Waals surface area contributed by atoms with Crippen LogP contribution in [0.2, 0.25) is 0 Å². The zero-order valence-electron chi connectivity index (χ0n) is 14.4. The second-order valence-electron chi connectivity index (χ2n) is 5.76. The Morgan fingerprint density at radius 1 is 1.31 bits per heavy atom. The molecule has 1 aromatic carbocycles. The number of rotatable bonds is 8. The van der Waals surface area contributed by atoms with E-state index in [1.165, 1.54) is 6.20 Å². The van der Waals surface area contributed by atoms with Gasteiger partial charge in [-0.25, -0.2) is 14.4 Å². The molecule has 0 spiro atoms. The number of hydrogen-bond donors (Lipinski definition) is 2. The van der Waals surface area contributed by atoms with Crippen molar-refractivity contribution in [2.45, 2.75) is 19.0 Å². The second kappa shape index (κ2) is 8.66. The van der Waals surface area contributed by atoms with Crippen LogP contribution < -0.4 is 10.9 Å². The van der Waals surface area contributed by atoms with E-state index in [9.17, 15) is 9.18 Å². The summed E-state index contributed by atoms with van der Waals surface area (Å²) >= 11 is 1.73. The minimum absolute atomic E-state index is 0.00621. The quantitative estimate of drug-likeness (QED) is 0.593. The van der Waals surface area contributed by atoms with Crippen LogP contribution in [0, 0.1) is 6.92 Å². The molecule has 0 radical (unpaired) electrons. The number of aromatic amines is 1. The minimum atomic E-state index is -1.49. The highest BCUT2D eigenvalue weighted by molar-refractivity contribution is 7.98. The van der Waals surface area contributed by atoms with Crippen molar-refractivity contribution in [3.05, 3.63) is 76.2 Å². The molecule has 3 aromatic rings. The largest absolute Gasteiger partial charge is 0.355 e. The smallest absolute Gasteiger partial charge is 0.258 e. The molecular weight excluding hydrogens is 353 g/mol. The van der Waals surface area contributed by atoms with E-state index in [-0.39, 0.29) is 5.56 Å². The molecular formula is C18H20FN5OS. The van der Waals surface area contributed by atoms with Crippen molar-refractivity contribution in [1.29, 1.82) is 0 Å². The molecule has 0 aliphatic carbocycles. The third-order valence-electron chi connectivity index (χ3n) is 3.88. The highest BCUT2D eigenvalue weighted by Gasteiger charge is 2.16. The standard InChI is InChI=1S/C18H20FN5OS/c1-13-9-20-11-24(13)12-26-8-7-21-18-22-10-15(17(25)23-18)16(19)14-5-3-2-4-6-14/h2-6,9-11,16H,7-8,12H2,1H3,(H2,21,22,23,25). The second-order valence-corrected chi connectivity index (χ2v) is 6.83. The van der Waals surface area contributed by atoms with E-state index >= 15 is 0 Å². The fraction of sp³-hybridized carbons (Fsp3) is 0.278. The number of nitrogens with zero attached hydrogens (tertiary/aromatic N) is 3. The van der Waals surface area contributed by atoms with Gasteiger partial charge in [0.2, 0.25) is 5.95 Å². The highest BCUT2D eigenvalue weighted by atomic mass is 32.2. The van der Waals surface area contributed by atoms with Crippen LogP contribution in [0.15, 0.2) is 53.8 Å². The van der Waals surface area contributed by atoms with E-state index in [0.29, 0.717) is 18.1 Å². The number of alkyl halides is 1. The van der Waals surface area contributed by atoms with Crippen molar-refractivity contribution in [3.8, 4) is 0 Å². The maximum absolute atomic E-state index is 14.5. The van der Waals surface area contributed by atoms with Crippen molar-refractivity contribution in [3.63, 3.8) is 0 Å². The molecule has 0 amide bonds. The molecule has 6 nitrogen and oxygen atoms in total. The number of imidazole rings is 1. The molecule has 0 saturated heterocycles. The number of aryl methyl sites for hydroxylation is 1. The summed E-state index contributed by atoms with van der Waals surface area (Å²) in [6.45, 7) is 2.65. The Hall–Kier alpha value is -2.61. The Kier molecular flexibility index (Phi) is 6.06. The molecule has 3 rings (SSSR count). The molecule has 136 valence electrons. The Bertz CT molecular complexity index is 896. The number of nitrogens with one attached hydrogen (secondary N) is 2. The van der Waals surface area contributed by atoms with Gasteiger partial charge in [0.1, 0.15) is 0 Å². The van der Waals surface area contributed by atoms with E-state index in [4.69, 9.17) is 0 Å². The zero-order chi connectivity index (χ0) is 18.4. The summed E-state index contributed by atoms with van der Waals surface area (Å²) in [5.41, 5.74) is 1.09. The number of benzene rings is 1. The molecule has 0 fully saturated rings. The molecule has 2 aromatic heterocycles. The first-order chi connectivity index (χ1) is 12.6. The van der Waals surface area contributed by atoms with Gasteiger partial charge >= 0.3 is 0 Å². The highest BCUT2D eigenvalue weighted by Crippen LogP contribution is 2.22. The first-order valence-electron chi connectivity index (χ1n) is 8.21. The fourth-order valence-corrected chi connectivity index (χ4v) is 3.25. The minimum Gasteiger partial charge on any atom is -0.355 e. The summed E-state index contributed by atoms with van der Waals surface area (Å²) in [5, 5.41) is 3.05. The van der Waals surface area contributed by atoms with Crippen LogP contribution in [0.1, 0.15) is 23.0 Å².